The van der Waals surface area contributed by atoms with Crippen LogP contribution in [0.3, 0.4) is 0 Å². The average Bonchev–Trinajstić information content (AvgIpc) is 2.38. The quantitative estimate of drug-likeness (QED) is 0.913. The summed E-state index contributed by atoms with van der Waals surface area (Å²) in [5.74, 6) is 0. The highest BCUT2D eigenvalue weighted by Crippen LogP contribution is 2.24. The van der Waals surface area contributed by atoms with E-state index in [1.807, 2.05) is 19.4 Å². The van der Waals surface area contributed by atoms with Crippen molar-refractivity contribution in [3.8, 4) is 0 Å². The van der Waals surface area contributed by atoms with Gasteiger partial charge in [0, 0.05) is 17.8 Å². The predicted octanol–water partition coefficient (Wildman–Crippen LogP) is 3.31. The number of rotatable bonds is 4. The maximum absolute atomic E-state index is 5.91. The molecule has 0 aliphatic heterocycles. The van der Waals surface area contributed by atoms with Crippen LogP contribution in [0.15, 0.2) is 36.7 Å². The molecular formula is C16H22N2O. The molecule has 3 heteroatoms. The van der Waals surface area contributed by atoms with E-state index in [9.17, 15) is 0 Å². The molecule has 0 saturated heterocycles. The van der Waals surface area contributed by atoms with Crippen LogP contribution in [0.25, 0.3) is 10.8 Å². The van der Waals surface area contributed by atoms with E-state index in [0.717, 1.165) is 5.39 Å². The van der Waals surface area contributed by atoms with Crippen LogP contribution in [0.4, 0.5) is 0 Å². The molecule has 0 radical (unpaired) electrons. The Balaban J connectivity index is 2.30. The molecule has 0 saturated carbocycles. The third kappa shape index (κ3) is 3.52. The van der Waals surface area contributed by atoms with Crippen LogP contribution in [-0.4, -0.2) is 24.2 Å². The smallest absolute Gasteiger partial charge is 0.0668 e. The van der Waals surface area contributed by atoms with Crippen molar-refractivity contribution in [1.82, 2.24) is 10.3 Å². The Morgan fingerprint density at radius 3 is 2.74 bits per heavy atom. The van der Waals surface area contributed by atoms with Crippen LogP contribution in [0, 0.1) is 0 Å². The number of pyridine rings is 1. The SMILES string of the molecule is CNC(COC(C)(C)C)c1cccc2cnccc12. The number of fused-ring (bicyclic) bond motifs is 1. The van der Waals surface area contributed by atoms with Crippen LogP contribution in [-0.2, 0) is 4.74 Å². The summed E-state index contributed by atoms with van der Waals surface area (Å²) < 4.78 is 5.91. The summed E-state index contributed by atoms with van der Waals surface area (Å²) in [5.41, 5.74) is 1.13. The molecular weight excluding hydrogens is 236 g/mol. The molecule has 0 spiro atoms. The normalized spacial score (nSPS) is 13.7. The Hall–Kier alpha value is -1.45. The van der Waals surface area contributed by atoms with Gasteiger partial charge in [-0.2, -0.15) is 0 Å². The number of benzene rings is 1. The summed E-state index contributed by atoms with van der Waals surface area (Å²) in [6.45, 7) is 6.88. The zero-order valence-electron chi connectivity index (χ0n) is 12.1. The van der Waals surface area contributed by atoms with E-state index < -0.39 is 0 Å². The minimum Gasteiger partial charge on any atom is -0.374 e. The Morgan fingerprint density at radius 1 is 1.26 bits per heavy atom. The maximum Gasteiger partial charge on any atom is 0.0668 e. The fraction of sp³-hybridized carbons (Fsp3) is 0.438. The van der Waals surface area contributed by atoms with Gasteiger partial charge in [0.1, 0.15) is 0 Å². The van der Waals surface area contributed by atoms with Crippen molar-refractivity contribution in [3.05, 3.63) is 42.2 Å². The second-order valence-corrected chi connectivity index (χ2v) is 5.71. The maximum atomic E-state index is 5.91. The first-order chi connectivity index (χ1) is 9.01. The number of hydrogen-bond donors (Lipinski definition) is 1. The molecule has 1 atom stereocenters. The largest absolute Gasteiger partial charge is 0.374 e. The zero-order chi connectivity index (χ0) is 13.9. The number of nitrogens with one attached hydrogen (secondary N) is 1. The van der Waals surface area contributed by atoms with Crippen molar-refractivity contribution in [1.29, 1.82) is 0 Å². The molecule has 0 amide bonds. The summed E-state index contributed by atoms with van der Waals surface area (Å²) in [6, 6.07) is 8.55. The lowest BCUT2D eigenvalue weighted by Crippen LogP contribution is -2.28. The van der Waals surface area contributed by atoms with Gasteiger partial charge in [-0.3, -0.25) is 4.98 Å². The number of ether oxygens (including phenoxy) is 1. The Bertz CT molecular complexity index is 540. The standard InChI is InChI=1S/C16H22N2O/c1-16(2,3)19-11-15(17-4)14-7-5-6-12-10-18-9-8-13(12)14/h5-10,15,17H,11H2,1-4H3. The molecule has 0 aliphatic carbocycles. The first kappa shape index (κ1) is 14.0. The third-order valence-corrected chi connectivity index (χ3v) is 3.12. The van der Waals surface area contributed by atoms with Gasteiger partial charge in [0.25, 0.3) is 0 Å². The van der Waals surface area contributed by atoms with Crippen molar-refractivity contribution in [2.75, 3.05) is 13.7 Å². The first-order valence-corrected chi connectivity index (χ1v) is 6.65. The van der Waals surface area contributed by atoms with E-state index >= 15 is 0 Å². The van der Waals surface area contributed by atoms with E-state index in [0.29, 0.717) is 6.61 Å². The predicted molar refractivity (Wildman–Crippen MR) is 79.2 cm³/mol. The van der Waals surface area contributed by atoms with Crippen LogP contribution < -0.4 is 5.32 Å². The topological polar surface area (TPSA) is 34.1 Å². The average molecular weight is 258 g/mol. The van der Waals surface area contributed by atoms with Gasteiger partial charge in [0.15, 0.2) is 0 Å². The van der Waals surface area contributed by atoms with E-state index in [2.05, 4.69) is 55.3 Å². The number of hydrogen-bond acceptors (Lipinski definition) is 3. The fourth-order valence-electron chi connectivity index (χ4n) is 2.11. The van der Waals surface area contributed by atoms with Gasteiger partial charge in [-0.25, -0.2) is 0 Å². The molecule has 19 heavy (non-hydrogen) atoms. The van der Waals surface area contributed by atoms with Crippen molar-refractivity contribution in [2.45, 2.75) is 32.4 Å². The summed E-state index contributed by atoms with van der Waals surface area (Å²) in [5, 5.41) is 5.73. The van der Waals surface area contributed by atoms with Crippen LogP contribution in [0.5, 0.6) is 0 Å². The van der Waals surface area contributed by atoms with Gasteiger partial charge in [-0.1, -0.05) is 18.2 Å². The molecule has 1 heterocycles. The van der Waals surface area contributed by atoms with Gasteiger partial charge in [-0.15, -0.1) is 0 Å². The van der Waals surface area contributed by atoms with Crippen molar-refractivity contribution < 1.29 is 4.74 Å². The Kier molecular flexibility index (Phi) is 4.17. The zero-order valence-corrected chi connectivity index (χ0v) is 12.1. The van der Waals surface area contributed by atoms with Crippen LogP contribution in [0.1, 0.15) is 32.4 Å². The Morgan fingerprint density at radius 2 is 2.05 bits per heavy atom. The fourth-order valence-corrected chi connectivity index (χ4v) is 2.11. The highest BCUT2D eigenvalue weighted by atomic mass is 16.5. The van der Waals surface area contributed by atoms with E-state index in [1.165, 1.54) is 10.9 Å². The monoisotopic (exact) mass is 258 g/mol. The lowest BCUT2D eigenvalue weighted by atomic mass is 10.0. The molecule has 3 nitrogen and oxygen atoms in total. The molecule has 2 aromatic rings. The molecule has 2 rings (SSSR count). The second kappa shape index (κ2) is 5.68. The summed E-state index contributed by atoms with van der Waals surface area (Å²) in [7, 11) is 1.97. The third-order valence-electron chi connectivity index (χ3n) is 3.12. The molecule has 1 aromatic heterocycles. The van der Waals surface area contributed by atoms with Gasteiger partial charge in [0.2, 0.25) is 0 Å². The molecule has 1 N–H and O–H groups in total. The number of aromatic nitrogens is 1. The van der Waals surface area contributed by atoms with Gasteiger partial charge >= 0.3 is 0 Å². The molecule has 0 bridgehead atoms. The molecule has 1 unspecified atom stereocenters. The van der Waals surface area contributed by atoms with Crippen molar-refractivity contribution >= 4 is 10.8 Å². The molecule has 1 aromatic carbocycles. The highest BCUT2D eigenvalue weighted by Gasteiger charge is 2.17. The van der Waals surface area contributed by atoms with E-state index in [4.69, 9.17) is 4.74 Å². The minimum atomic E-state index is -0.124. The molecule has 0 fully saturated rings. The van der Waals surface area contributed by atoms with Gasteiger partial charge in [0.05, 0.1) is 18.2 Å². The number of likely N-dealkylation sites (N-methyl/N-ethyl adjacent to an activating group) is 1. The molecule has 0 aliphatic rings. The summed E-state index contributed by atoms with van der Waals surface area (Å²) in [4.78, 5) is 4.17. The van der Waals surface area contributed by atoms with E-state index in [-0.39, 0.29) is 11.6 Å². The summed E-state index contributed by atoms with van der Waals surface area (Å²) >= 11 is 0. The first-order valence-electron chi connectivity index (χ1n) is 6.65. The van der Waals surface area contributed by atoms with Crippen molar-refractivity contribution in [2.24, 2.45) is 0 Å². The second-order valence-electron chi connectivity index (χ2n) is 5.71. The lowest BCUT2D eigenvalue weighted by Gasteiger charge is -2.25. The van der Waals surface area contributed by atoms with Crippen LogP contribution in [0.2, 0.25) is 0 Å². The minimum absolute atomic E-state index is 0.124. The molecule has 102 valence electrons. The van der Waals surface area contributed by atoms with Gasteiger partial charge < -0.3 is 10.1 Å². The number of nitrogens with zero attached hydrogens (tertiary/aromatic N) is 1. The van der Waals surface area contributed by atoms with Crippen molar-refractivity contribution in [3.63, 3.8) is 0 Å². The lowest BCUT2D eigenvalue weighted by molar-refractivity contribution is -0.0137. The van der Waals surface area contributed by atoms with Crippen LogP contribution >= 0.6 is 0 Å². The summed E-state index contributed by atoms with van der Waals surface area (Å²) in [6.07, 6.45) is 3.74. The highest BCUT2D eigenvalue weighted by molar-refractivity contribution is 5.85. The van der Waals surface area contributed by atoms with E-state index in [1.54, 1.807) is 0 Å². The van der Waals surface area contributed by atoms with Gasteiger partial charge in [-0.05, 0) is 44.8 Å². The Labute approximate surface area is 115 Å².